The number of carbonyl (C=O) groups is 1. The molecule has 0 unspecified atom stereocenters. The monoisotopic (exact) mass is 482 g/mol. The lowest BCUT2D eigenvalue weighted by Gasteiger charge is -2.09. The zero-order valence-corrected chi connectivity index (χ0v) is 19.7. The van der Waals surface area contributed by atoms with Gasteiger partial charge in [-0.25, -0.2) is 0 Å². The van der Waals surface area contributed by atoms with E-state index in [1.54, 1.807) is 21.6 Å². The molecule has 1 saturated heterocycles. The van der Waals surface area contributed by atoms with E-state index in [1.165, 1.54) is 23.1 Å². The molecule has 0 atom stereocenters. The minimum Gasteiger partial charge on any atom is -0.453 e. The molecule has 1 fully saturated rings. The van der Waals surface area contributed by atoms with Crippen molar-refractivity contribution in [1.82, 2.24) is 9.47 Å². The van der Waals surface area contributed by atoms with Gasteiger partial charge in [-0.1, -0.05) is 54.3 Å². The Balaban J connectivity index is 1.59. The predicted molar refractivity (Wildman–Crippen MR) is 132 cm³/mol. The molecule has 9 heteroatoms. The molecule has 1 aromatic carbocycles. The van der Waals surface area contributed by atoms with Crippen LogP contribution < -0.4 is 14.8 Å². The Morgan fingerprint density at radius 3 is 2.44 bits per heavy atom. The van der Waals surface area contributed by atoms with Crippen LogP contribution >= 0.6 is 35.3 Å². The van der Waals surface area contributed by atoms with Crippen molar-refractivity contribution >= 4 is 67.7 Å². The van der Waals surface area contributed by atoms with E-state index in [1.807, 2.05) is 50.2 Å². The summed E-state index contributed by atoms with van der Waals surface area (Å²) in [5, 5.41) is 0. The summed E-state index contributed by atoms with van der Waals surface area (Å²) in [6, 6.07) is 13.4. The topological polar surface area (TPSA) is 68.6 Å². The zero-order valence-electron chi connectivity index (χ0n) is 17.3. The third kappa shape index (κ3) is 3.46. The Morgan fingerprint density at radius 2 is 1.78 bits per heavy atom. The first-order chi connectivity index (χ1) is 15.5. The molecule has 0 spiro atoms. The molecule has 0 aliphatic carbocycles. The summed E-state index contributed by atoms with van der Waals surface area (Å²) in [7, 11) is 0. The Morgan fingerprint density at radius 1 is 1.03 bits per heavy atom. The normalized spacial score (nSPS) is 16.7. The fourth-order valence-electron chi connectivity index (χ4n) is 3.57. The molecule has 0 bridgehead atoms. The van der Waals surface area contributed by atoms with E-state index in [2.05, 4.69) is 0 Å². The van der Waals surface area contributed by atoms with E-state index in [9.17, 15) is 9.59 Å². The lowest BCUT2D eigenvalue weighted by Crippen LogP contribution is -2.33. The van der Waals surface area contributed by atoms with E-state index in [4.69, 9.17) is 21.1 Å². The van der Waals surface area contributed by atoms with Gasteiger partial charge in [-0.3, -0.25) is 19.1 Å². The van der Waals surface area contributed by atoms with Gasteiger partial charge < -0.3 is 8.83 Å². The number of furan rings is 2. The van der Waals surface area contributed by atoms with Crippen LogP contribution in [0.1, 0.15) is 19.6 Å². The van der Waals surface area contributed by atoms with Crippen molar-refractivity contribution in [3.63, 3.8) is 0 Å². The van der Waals surface area contributed by atoms with Crippen LogP contribution in [-0.2, 0) is 11.3 Å². The molecular formula is C23H18N2O4S3. The standard InChI is InChI=1S/C23H18N2O4S3/c1-3-24-20(26)18(31-22(24)19-21(27)25(4-2)23(30)32-19)11-14-10-16-17(28-14)12-15(29-16)13-8-6-5-7-9-13/h5-12H,3-4H2,1-2H3/b18-11+,22-19+. The van der Waals surface area contributed by atoms with Crippen molar-refractivity contribution in [2.75, 3.05) is 6.54 Å². The number of aromatic nitrogens is 1. The second-order valence-corrected chi connectivity index (χ2v) is 9.74. The van der Waals surface area contributed by atoms with Gasteiger partial charge in [-0.15, -0.1) is 11.3 Å². The van der Waals surface area contributed by atoms with Crippen LogP contribution in [0.5, 0.6) is 0 Å². The maximum Gasteiger partial charge on any atom is 0.269 e. The Kier molecular flexibility index (Phi) is 5.40. The summed E-state index contributed by atoms with van der Waals surface area (Å²) in [6.07, 6.45) is 1.70. The first-order valence-electron chi connectivity index (χ1n) is 10.1. The van der Waals surface area contributed by atoms with Crippen molar-refractivity contribution in [2.45, 2.75) is 20.4 Å². The first kappa shape index (κ1) is 21.0. The molecule has 0 saturated carbocycles. The van der Waals surface area contributed by atoms with Gasteiger partial charge in [0.05, 0.1) is 4.53 Å². The maximum absolute atomic E-state index is 13.0. The lowest BCUT2D eigenvalue weighted by atomic mass is 10.2. The molecule has 4 aromatic rings. The molecule has 5 rings (SSSR count). The number of hydrogen-bond donors (Lipinski definition) is 0. The van der Waals surface area contributed by atoms with Gasteiger partial charge in [-0.2, -0.15) is 0 Å². The molecule has 1 aliphatic rings. The summed E-state index contributed by atoms with van der Waals surface area (Å²) in [4.78, 5) is 27.8. The van der Waals surface area contributed by atoms with E-state index in [-0.39, 0.29) is 11.5 Å². The van der Waals surface area contributed by atoms with Gasteiger partial charge in [0.25, 0.3) is 11.5 Å². The van der Waals surface area contributed by atoms with Gasteiger partial charge in [0, 0.05) is 36.9 Å². The molecule has 3 aromatic heterocycles. The van der Waals surface area contributed by atoms with Gasteiger partial charge in [0.15, 0.2) is 11.2 Å². The molecule has 0 N–H and O–H groups in total. The van der Waals surface area contributed by atoms with Crippen LogP contribution in [-0.4, -0.2) is 26.2 Å². The second-order valence-electron chi connectivity index (χ2n) is 7.07. The van der Waals surface area contributed by atoms with Gasteiger partial charge in [-0.05, 0) is 13.8 Å². The van der Waals surface area contributed by atoms with Crippen molar-refractivity contribution < 1.29 is 13.6 Å². The summed E-state index contributed by atoms with van der Waals surface area (Å²) < 4.78 is 15.1. The minimum absolute atomic E-state index is 0.151. The summed E-state index contributed by atoms with van der Waals surface area (Å²) in [5.41, 5.74) is 2.03. The van der Waals surface area contributed by atoms with E-state index >= 15 is 0 Å². The average Bonchev–Trinajstić information content (AvgIpc) is 3.50. The quantitative estimate of drug-likeness (QED) is 0.413. The fourth-order valence-corrected chi connectivity index (χ4v) is 6.26. The highest BCUT2D eigenvalue weighted by molar-refractivity contribution is 8.30. The fraction of sp³-hybridized carbons (Fsp3) is 0.174. The smallest absolute Gasteiger partial charge is 0.269 e. The molecular weight excluding hydrogens is 464 g/mol. The summed E-state index contributed by atoms with van der Waals surface area (Å²) >= 11 is 7.84. The number of amides is 1. The summed E-state index contributed by atoms with van der Waals surface area (Å²) in [5.74, 6) is 1.09. The number of carbonyl (C=O) groups excluding carboxylic acids is 1. The minimum atomic E-state index is -0.160. The van der Waals surface area contributed by atoms with Gasteiger partial charge in [0.2, 0.25) is 0 Å². The lowest BCUT2D eigenvalue weighted by molar-refractivity contribution is -0.120. The molecule has 0 radical (unpaired) electrons. The molecule has 162 valence electrons. The third-order valence-corrected chi connectivity index (χ3v) is 7.84. The highest BCUT2D eigenvalue weighted by Gasteiger charge is 2.32. The van der Waals surface area contributed by atoms with Crippen LogP contribution in [0.3, 0.4) is 0 Å². The Bertz CT molecular complexity index is 1510. The number of thiocarbonyl (C=S) groups is 1. The molecule has 1 amide bonds. The van der Waals surface area contributed by atoms with Crippen molar-refractivity contribution in [2.24, 2.45) is 0 Å². The maximum atomic E-state index is 13.0. The molecule has 4 heterocycles. The number of rotatable bonds is 4. The summed E-state index contributed by atoms with van der Waals surface area (Å²) in [6.45, 7) is 4.72. The van der Waals surface area contributed by atoms with Crippen LogP contribution in [0.25, 0.3) is 33.5 Å². The third-order valence-electron chi connectivity index (χ3n) is 5.14. The van der Waals surface area contributed by atoms with E-state index in [0.717, 1.165) is 11.3 Å². The molecule has 32 heavy (non-hydrogen) atoms. The number of benzene rings is 1. The molecule has 1 aliphatic heterocycles. The first-order valence-corrected chi connectivity index (χ1v) is 12.1. The van der Waals surface area contributed by atoms with E-state index in [0.29, 0.717) is 48.4 Å². The second kappa shape index (κ2) is 8.23. The number of hydrogen-bond acceptors (Lipinski definition) is 7. The van der Waals surface area contributed by atoms with Crippen molar-refractivity contribution in [3.05, 3.63) is 67.8 Å². The van der Waals surface area contributed by atoms with Crippen molar-refractivity contribution in [1.29, 1.82) is 0 Å². The zero-order chi connectivity index (χ0) is 22.4. The SMILES string of the molecule is CCN1C(=O)/C(=c2\s/c(=C/c3cc4oc(-c5ccccc5)cc4o3)c(=O)n2CC)SC1=S. The van der Waals surface area contributed by atoms with Crippen LogP contribution in [0, 0.1) is 0 Å². The highest BCUT2D eigenvalue weighted by Crippen LogP contribution is 2.31. The Labute approximate surface area is 196 Å². The predicted octanol–water partition coefficient (Wildman–Crippen LogP) is 3.75. The van der Waals surface area contributed by atoms with Crippen LogP contribution in [0.4, 0.5) is 0 Å². The van der Waals surface area contributed by atoms with E-state index < -0.39 is 0 Å². The number of fused-ring (bicyclic) bond motifs is 1. The molecule has 6 nitrogen and oxygen atoms in total. The van der Waals surface area contributed by atoms with Gasteiger partial charge >= 0.3 is 0 Å². The number of thiazole rings is 1. The van der Waals surface area contributed by atoms with Crippen molar-refractivity contribution in [3.8, 4) is 11.3 Å². The largest absolute Gasteiger partial charge is 0.453 e. The Hall–Kier alpha value is -2.88. The van der Waals surface area contributed by atoms with Crippen LogP contribution in [0.2, 0.25) is 0 Å². The number of thioether (sulfide) groups is 1. The number of nitrogens with zero attached hydrogens (tertiary/aromatic N) is 2. The van der Waals surface area contributed by atoms with Crippen LogP contribution in [0.15, 0.2) is 56.1 Å². The van der Waals surface area contributed by atoms with Gasteiger partial charge in [0.1, 0.15) is 25.4 Å². The highest BCUT2D eigenvalue weighted by atomic mass is 32.2. The average molecular weight is 483 g/mol.